The molecular weight excluding hydrogens is 478 g/mol. The number of H-pyrrole nitrogens is 2. The number of likely N-dealkylation sites (N-methyl/N-ethyl adjacent to an activating group) is 1. The lowest BCUT2D eigenvalue weighted by molar-refractivity contribution is 0.0950. The van der Waals surface area contributed by atoms with Crippen LogP contribution >= 0.6 is 11.3 Å². The number of benzene rings is 2. The fraction of sp³-hybridized carbons (Fsp3) is 0.200. The zero-order chi connectivity index (χ0) is 25.1. The normalized spacial score (nSPS) is 12.2. The van der Waals surface area contributed by atoms with Crippen molar-refractivity contribution in [2.75, 3.05) is 27.2 Å². The Balaban J connectivity index is 1.40. The molecule has 3 heterocycles. The van der Waals surface area contributed by atoms with E-state index in [4.69, 9.17) is 4.74 Å². The van der Waals surface area contributed by atoms with Gasteiger partial charge >= 0.3 is 0 Å². The fourth-order valence-electron chi connectivity index (χ4n) is 3.77. The molecule has 10 nitrogen and oxygen atoms in total. The van der Waals surface area contributed by atoms with Crippen molar-refractivity contribution in [3.8, 4) is 22.9 Å². The molecule has 1 atom stereocenters. The maximum atomic E-state index is 13.1. The van der Waals surface area contributed by atoms with Crippen LogP contribution in [0.15, 0.2) is 60.4 Å². The summed E-state index contributed by atoms with van der Waals surface area (Å²) in [6, 6.07) is 12.8. The van der Waals surface area contributed by atoms with E-state index in [0.717, 1.165) is 23.0 Å². The van der Waals surface area contributed by atoms with Gasteiger partial charge in [-0.2, -0.15) is 0 Å². The lowest BCUT2D eigenvalue weighted by Gasteiger charge is -2.14. The number of carbonyl (C=O) groups excluding carboxylic acids is 1. The van der Waals surface area contributed by atoms with Crippen LogP contribution in [0.25, 0.3) is 22.3 Å². The van der Waals surface area contributed by atoms with Crippen LogP contribution in [0.3, 0.4) is 0 Å². The minimum absolute atomic E-state index is 0.204. The second kappa shape index (κ2) is 10.3. The Morgan fingerprint density at radius 1 is 1.22 bits per heavy atom. The van der Waals surface area contributed by atoms with Gasteiger partial charge in [0.1, 0.15) is 17.6 Å². The molecule has 2 aromatic carbocycles. The smallest absolute Gasteiger partial charge is 0.255 e. The Kier molecular flexibility index (Phi) is 6.76. The summed E-state index contributed by atoms with van der Waals surface area (Å²) in [5.41, 5.74) is 3.69. The third-order valence-electron chi connectivity index (χ3n) is 5.59. The number of nitrogens with one attached hydrogen (secondary N) is 3. The molecule has 0 spiro atoms. The summed E-state index contributed by atoms with van der Waals surface area (Å²) in [4.78, 5) is 26.0. The molecule has 3 aromatic heterocycles. The van der Waals surface area contributed by atoms with E-state index >= 15 is 0 Å². The maximum Gasteiger partial charge on any atom is 0.255 e. The molecule has 0 aliphatic heterocycles. The maximum absolute atomic E-state index is 13.1. The summed E-state index contributed by atoms with van der Waals surface area (Å²) in [5.74, 6) is 1.59. The summed E-state index contributed by atoms with van der Waals surface area (Å²) >= 11 is 1.34. The average molecular weight is 504 g/mol. The van der Waals surface area contributed by atoms with Crippen molar-refractivity contribution in [2.45, 2.75) is 6.10 Å². The minimum atomic E-state index is -0.931. The van der Waals surface area contributed by atoms with Gasteiger partial charge in [-0.3, -0.25) is 9.78 Å². The number of nitrogens with zero attached hydrogens (tertiary/aromatic N) is 4. The van der Waals surface area contributed by atoms with Crippen molar-refractivity contribution < 1.29 is 14.6 Å². The standard InChI is InChI=1S/C25H25N7O3S/c1-32(2)11-10-28-25(34)21-17-8-9-27-18(17)6-7-19(21)35-16-5-3-4-15(12-16)23-29-24(31-30-23)22(33)20-13-26-14-36-20/h3-9,12-14,22,27,33H,10-11H2,1-2H3,(H,28,34)(H,29,30,31). The number of rotatable bonds is 9. The van der Waals surface area contributed by atoms with Gasteiger partial charge in [-0.1, -0.05) is 12.1 Å². The van der Waals surface area contributed by atoms with E-state index in [1.807, 2.05) is 49.3 Å². The summed E-state index contributed by atoms with van der Waals surface area (Å²) in [5, 5.41) is 22.5. The van der Waals surface area contributed by atoms with Gasteiger partial charge in [0.05, 0.1) is 16.0 Å². The van der Waals surface area contributed by atoms with Crippen molar-refractivity contribution >= 4 is 28.1 Å². The molecule has 4 N–H and O–H groups in total. The molecule has 184 valence electrons. The monoisotopic (exact) mass is 503 g/mol. The molecule has 36 heavy (non-hydrogen) atoms. The number of aromatic amines is 2. The summed E-state index contributed by atoms with van der Waals surface area (Å²) in [6.45, 7) is 1.24. The van der Waals surface area contributed by atoms with Crippen molar-refractivity contribution in [1.29, 1.82) is 0 Å². The highest BCUT2D eigenvalue weighted by Crippen LogP contribution is 2.33. The molecule has 5 rings (SSSR count). The predicted molar refractivity (Wildman–Crippen MR) is 137 cm³/mol. The number of fused-ring (bicyclic) bond motifs is 1. The predicted octanol–water partition coefficient (Wildman–Crippen LogP) is 3.57. The Labute approximate surface area is 211 Å². The van der Waals surface area contributed by atoms with Gasteiger partial charge in [0, 0.05) is 41.9 Å². The summed E-state index contributed by atoms with van der Waals surface area (Å²) in [7, 11) is 3.91. The number of hydrogen-bond donors (Lipinski definition) is 4. The van der Waals surface area contributed by atoms with E-state index in [9.17, 15) is 9.90 Å². The highest BCUT2D eigenvalue weighted by molar-refractivity contribution is 7.09. The molecule has 0 aliphatic rings. The second-order valence-electron chi connectivity index (χ2n) is 8.43. The van der Waals surface area contributed by atoms with E-state index in [2.05, 4.69) is 30.5 Å². The molecule has 0 saturated heterocycles. The van der Waals surface area contributed by atoms with E-state index < -0.39 is 6.10 Å². The molecule has 0 aliphatic carbocycles. The Hall–Kier alpha value is -4.06. The third kappa shape index (κ3) is 4.98. The van der Waals surface area contributed by atoms with Gasteiger partial charge in [0.25, 0.3) is 5.91 Å². The van der Waals surface area contributed by atoms with Gasteiger partial charge in [-0.25, -0.2) is 0 Å². The van der Waals surface area contributed by atoms with E-state index in [0.29, 0.717) is 40.1 Å². The van der Waals surface area contributed by atoms with Crippen molar-refractivity contribution in [1.82, 2.24) is 35.4 Å². The molecule has 0 bridgehead atoms. The number of ether oxygens (including phenoxy) is 1. The first-order chi connectivity index (χ1) is 17.5. The lowest BCUT2D eigenvalue weighted by atomic mass is 10.1. The summed E-state index contributed by atoms with van der Waals surface area (Å²) < 4.78 is 6.21. The fourth-order valence-corrected chi connectivity index (χ4v) is 4.38. The van der Waals surface area contributed by atoms with Crippen molar-refractivity contribution in [3.63, 3.8) is 0 Å². The molecule has 1 unspecified atom stereocenters. The van der Waals surface area contributed by atoms with E-state index in [-0.39, 0.29) is 5.91 Å². The molecule has 5 aromatic rings. The number of aliphatic hydroxyl groups excluding tert-OH is 1. The van der Waals surface area contributed by atoms with Gasteiger partial charge < -0.3 is 30.0 Å². The molecule has 11 heteroatoms. The Morgan fingerprint density at radius 2 is 2.11 bits per heavy atom. The number of thiazole rings is 1. The largest absolute Gasteiger partial charge is 0.456 e. The molecule has 0 radical (unpaired) electrons. The highest BCUT2D eigenvalue weighted by Gasteiger charge is 2.20. The zero-order valence-electron chi connectivity index (χ0n) is 19.7. The first kappa shape index (κ1) is 23.7. The van der Waals surface area contributed by atoms with Crippen LogP contribution in [0.5, 0.6) is 11.5 Å². The number of aliphatic hydroxyl groups is 1. The first-order valence-corrected chi connectivity index (χ1v) is 12.2. The lowest BCUT2D eigenvalue weighted by Crippen LogP contribution is -2.31. The van der Waals surface area contributed by atoms with Crippen LogP contribution in [-0.4, -0.2) is 68.2 Å². The SMILES string of the molecule is CN(C)CCNC(=O)c1c(Oc2cccc(-c3nnc(C(O)c4cncs4)[nH]3)c2)ccc2[nH]ccc12. The van der Waals surface area contributed by atoms with Crippen LogP contribution < -0.4 is 10.1 Å². The van der Waals surface area contributed by atoms with Gasteiger partial charge in [-0.05, 0) is 44.4 Å². The number of carbonyl (C=O) groups is 1. The van der Waals surface area contributed by atoms with E-state index in [1.54, 1.807) is 30.0 Å². The van der Waals surface area contributed by atoms with Crippen LogP contribution in [0, 0.1) is 0 Å². The van der Waals surface area contributed by atoms with Crippen molar-refractivity contribution in [2.24, 2.45) is 0 Å². The van der Waals surface area contributed by atoms with Crippen LogP contribution in [-0.2, 0) is 0 Å². The number of hydrogen-bond acceptors (Lipinski definition) is 8. The number of amides is 1. The zero-order valence-corrected chi connectivity index (χ0v) is 20.5. The van der Waals surface area contributed by atoms with Crippen LogP contribution in [0.4, 0.5) is 0 Å². The molecule has 0 saturated carbocycles. The van der Waals surface area contributed by atoms with Gasteiger partial charge in [0.15, 0.2) is 11.6 Å². The van der Waals surface area contributed by atoms with E-state index in [1.165, 1.54) is 11.3 Å². The number of aromatic nitrogens is 5. The quantitative estimate of drug-likeness (QED) is 0.242. The van der Waals surface area contributed by atoms with Crippen LogP contribution in [0.2, 0.25) is 0 Å². The first-order valence-electron chi connectivity index (χ1n) is 11.3. The minimum Gasteiger partial charge on any atom is -0.456 e. The van der Waals surface area contributed by atoms with Crippen LogP contribution in [0.1, 0.15) is 27.2 Å². The highest BCUT2D eigenvalue weighted by atomic mass is 32.1. The molecule has 0 fully saturated rings. The third-order valence-corrected chi connectivity index (χ3v) is 6.42. The van der Waals surface area contributed by atoms with Gasteiger partial charge in [-0.15, -0.1) is 21.5 Å². The average Bonchev–Trinajstić information content (AvgIpc) is 3.65. The van der Waals surface area contributed by atoms with Gasteiger partial charge in [0.2, 0.25) is 0 Å². The second-order valence-corrected chi connectivity index (χ2v) is 9.35. The summed E-state index contributed by atoms with van der Waals surface area (Å²) in [6.07, 6.45) is 2.47. The Bertz CT molecular complexity index is 1480. The molecular formula is C25H25N7O3S. The molecule has 1 amide bonds. The van der Waals surface area contributed by atoms with Crippen molar-refractivity contribution in [3.05, 3.63) is 76.6 Å². The topological polar surface area (TPSA) is 132 Å². The Morgan fingerprint density at radius 3 is 2.92 bits per heavy atom.